The molecular formula is C22H25N5O4. The monoisotopic (exact) mass is 423 g/mol. The lowest BCUT2D eigenvalue weighted by molar-refractivity contribution is -0.384. The van der Waals surface area contributed by atoms with E-state index in [1.54, 1.807) is 6.07 Å². The molecule has 0 bridgehead atoms. The molecule has 3 rings (SSSR count). The fraction of sp³-hybridized carbons (Fsp3) is 0.273. The van der Waals surface area contributed by atoms with Crippen LogP contribution in [0.15, 0.2) is 60.7 Å². The number of rotatable bonds is 7. The topological polar surface area (TPSA) is 108 Å². The third-order valence-electron chi connectivity index (χ3n) is 4.98. The van der Waals surface area contributed by atoms with Gasteiger partial charge < -0.3 is 4.90 Å². The molecule has 0 aliphatic carbocycles. The average molecular weight is 423 g/mol. The Labute approximate surface area is 180 Å². The summed E-state index contributed by atoms with van der Waals surface area (Å²) in [7, 11) is 0. The Kier molecular flexibility index (Phi) is 7.72. The Morgan fingerprint density at radius 1 is 1.00 bits per heavy atom. The first-order valence-electron chi connectivity index (χ1n) is 10.0. The summed E-state index contributed by atoms with van der Waals surface area (Å²) >= 11 is 0. The van der Waals surface area contributed by atoms with E-state index < -0.39 is 10.8 Å². The van der Waals surface area contributed by atoms with E-state index in [-0.39, 0.29) is 18.0 Å². The van der Waals surface area contributed by atoms with Gasteiger partial charge in [-0.05, 0) is 23.8 Å². The van der Waals surface area contributed by atoms with E-state index in [4.69, 9.17) is 0 Å². The second kappa shape index (κ2) is 10.9. The molecule has 2 amide bonds. The summed E-state index contributed by atoms with van der Waals surface area (Å²) in [6, 6.07) is 16.2. The van der Waals surface area contributed by atoms with Crippen LogP contribution in [0.25, 0.3) is 6.08 Å². The van der Waals surface area contributed by atoms with E-state index in [0.29, 0.717) is 12.1 Å². The van der Waals surface area contributed by atoms with Crippen molar-refractivity contribution in [2.75, 3.05) is 37.6 Å². The molecule has 9 heteroatoms. The summed E-state index contributed by atoms with van der Waals surface area (Å²) in [5.41, 5.74) is 6.38. The van der Waals surface area contributed by atoms with Crippen LogP contribution in [0.4, 0.5) is 11.4 Å². The van der Waals surface area contributed by atoms with Gasteiger partial charge in [0.2, 0.25) is 5.91 Å². The fourth-order valence-electron chi connectivity index (χ4n) is 3.28. The number of carbonyl (C=O) groups is 2. The first-order valence-corrected chi connectivity index (χ1v) is 10.0. The zero-order chi connectivity index (χ0) is 22.1. The lowest BCUT2D eigenvalue weighted by Crippen LogP contribution is -2.48. The number of nitro groups is 1. The van der Waals surface area contributed by atoms with Gasteiger partial charge in [0.25, 0.3) is 11.6 Å². The summed E-state index contributed by atoms with van der Waals surface area (Å²) in [6.45, 7) is 4.18. The quantitative estimate of drug-likeness (QED) is 0.401. The third-order valence-corrected chi connectivity index (χ3v) is 4.98. The lowest BCUT2D eigenvalue weighted by atomic mass is 10.2. The molecule has 1 aliphatic rings. The molecule has 0 spiro atoms. The van der Waals surface area contributed by atoms with E-state index in [9.17, 15) is 19.7 Å². The van der Waals surface area contributed by atoms with Crippen molar-refractivity contribution in [2.24, 2.45) is 0 Å². The number of nitro benzene ring substituents is 1. The van der Waals surface area contributed by atoms with Crippen molar-refractivity contribution in [3.63, 3.8) is 0 Å². The molecule has 162 valence electrons. The van der Waals surface area contributed by atoms with Gasteiger partial charge in [-0.25, -0.2) is 0 Å². The van der Waals surface area contributed by atoms with Gasteiger partial charge in [0.15, 0.2) is 0 Å². The van der Waals surface area contributed by atoms with E-state index in [1.165, 1.54) is 36.0 Å². The smallest absolute Gasteiger partial charge is 0.270 e. The molecular weight excluding hydrogens is 398 g/mol. The molecule has 1 saturated heterocycles. The van der Waals surface area contributed by atoms with Gasteiger partial charge in [-0.15, -0.1) is 0 Å². The molecule has 2 aromatic rings. The van der Waals surface area contributed by atoms with Crippen LogP contribution >= 0.6 is 0 Å². The van der Waals surface area contributed by atoms with Crippen molar-refractivity contribution in [1.82, 2.24) is 15.8 Å². The molecule has 0 radical (unpaired) electrons. The fourth-order valence-corrected chi connectivity index (χ4v) is 3.28. The van der Waals surface area contributed by atoms with Crippen LogP contribution in [0, 0.1) is 10.1 Å². The highest BCUT2D eigenvalue weighted by Crippen LogP contribution is 2.16. The maximum atomic E-state index is 12.0. The first kappa shape index (κ1) is 22.0. The van der Waals surface area contributed by atoms with Crippen LogP contribution in [0.1, 0.15) is 12.0 Å². The van der Waals surface area contributed by atoms with E-state index in [0.717, 1.165) is 26.2 Å². The van der Waals surface area contributed by atoms with Crippen LogP contribution in [0.2, 0.25) is 0 Å². The number of anilines is 1. The van der Waals surface area contributed by atoms with Crippen LogP contribution in [0.5, 0.6) is 0 Å². The van der Waals surface area contributed by atoms with Crippen molar-refractivity contribution in [1.29, 1.82) is 0 Å². The highest BCUT2D eigenvalue weighted by Gasteiger charge is 2.17. The summed E-state index contributed by atoms with van der Waals surface area (Å²) < 4.78 is 0. The third kappa shape index (κ3) is 6.93. The zero-order valence-corrected chi connectivity index (χ0v) is 17.1. The van der Waals surface area contributed by atoms with Gasteiger partial charge in [0, 0.05) is 63.0 Å². The largest absolute Gasteiger partial charge is 0.369 e. The van der Waals surface area contributed by atoms with Gasteiger partial charge in [-0.1, -0.05) is 30.3 Å². The number of non-ortho nitro benzene ring substituents is 1. The van der Waals surface area contributed by atoms with E-state index in [1.807, 2.05) is 18.2 Å². The van der Waals surface area contributed by atoms with Gasteiger partial charge in [0.1, 0.15) is 0 Å². The van der Waals surface area contributed by atoms with Crippen LogP contribution < -0.4 is 15.8 Å². The van der Waals surface area contributed by atoms with E-state index >= 15 is 0 Å². The summed E-state index contributed by atoms with van der Waals surface area (Å²) in [5, 5.41) is 10.8. The first-order chi connectivity index (χ1) is 15.0. The molecule has 0 unspecified atom stereocenters. The second-order valence-corrected chi connectivity index (χ2v) is 7.14. The Bertz CT molecular complexity index is 940. The predicted octanol–water partition coefficient (Wildman–Crippen LogP) is 1.97. The Balaban J connectivity index is 1.34. The van der Waals surface area contributed by atoms with E-state index in [2.05, 4.69) is 32.8 Å². The maximum absolute atomic E-state index is 12.0. The van der Waals surface area contributed by atoms with Crippen molar-refractivity contribution < 1.29 is 14.5 Å². The Hall–Kier alpha value is -3.72. The van der Waals surface area contributed by atoms with Crippen molar-refractivity contribution >= 4 is 29.3 Å². The second-order valence-electron chi connectivity index (χ2n) is 7.14. The molecule has 2 aromatic carbocycles. The minimum Gasteiger partial charge on any atom is -0.369 e. The standard InChI is InChI=1S/C22H25N5O4/c28-21(10-9-18-5-4-8-20(17-18)27(30)31)23-24-22(29)11-12-25-13-15-26(16-14-25)19-6-2-1-3-7-19/h1-10,17H,11-16H2,(H,23,28)(H,24,29)/b10-9+. The number of hydrazine groups is 1. The zero-order valence-electron chi connectivity index (χ0n) is 17.1. The Morgan fingerprint density at radius 3 is 2.45 bits per heavy atom. The summed E-state index contributed by atoms with van der Waals surface area (Å²) in [5.74, 6) is -0.793. The van der Waals surface area contributed by atoms with Crippen LogP contribution in [-0.4, -0.2) is 54.4 Å². The molecule has 31 heavy (non-hydrogen) atoms. The van der Waals surface area contributed by atoms with Crippen LogP contribution in [-0.2, 0) is 9.59 Å². The summed E-state index contributed by atoms with van der Waals surface area (Å²) in [4.78, 5) is 38.7. The molecule has 1 aliphatic heterocycles. The normalized spacial score (nSPS) is 14.4. The summed E-state index contributed by atoms with van der Waals surface area (Å²) in [6.07, 6.45) is 2.93. The number of amides is 2. The number of nitrogens with zero attached hydrogens (tertiary/aromatic N) is 3. The van der Waals surface area contributed by atoms with Gasteiger partial charge in [-0.2, -0.15) is 0 Å². The van der Waals surface area contributed by atoms with Crippen LogP contribution in [0.3, 0.4) is 0 Å². The van der Waals surface area contributed by atoms with Gasteiger partial charge in [0.05, 0.1) is 4.92 Å². The molecule has 2 N–H and O–H groups in total. The molecule has 0 aromatic heterocycles. The number of hydrogen-bond acceptors (Lipinski definition) is 6. The van der Waals surface area contributed by atoms with Crippen molar-refractivity contribution in [2.45, 2.75) is 6.42 Å². The number of piperazine rings is 1. The SMILES string of the molecule is O=C(/C=C/c1cccc([N+](=O)[O-])c1)NNC(=O)CCN1CCN(c2ccccc2)CC1. The number of para-hydroxylation sites is 1. The molecule has 1 fully saturated rings. The number of carbonyl (C=O) groups excluding carboxylic acids is 2. The molecule has 1 heterocycles. The maximum Gasteiger partial charge on any atom is 0.270 e. The number of nitrogens with one attached hydrogen (secondary N) is 2. The average Bonchev–Trinajstić information content (AvgIpc) is 2.81. The molecule has 9 nitrogen and oxygen atoms in total. The van der Waals surface area contributed by atoms with Gasteiger partial charge in [-0.3, -0.25) is 35.5 Å². The van der Waals surface area contributed by atoms with Crippen molar-refractivity contribution in [3.8, 4) is 0 Å². The highest BCUT2D eigenvalue weighted by molar-refractivity contribution is 5.93. The van der Waals surface area contributed by atoms with Crippen molar-refractivity contribution in [3.05, 3.63) is 76.4 Å². The number of hydrogen-bond donors (Lipinski definition) is 2. The van der Waals surface area contributed by atoms with Gasteiger partial charge >= 0.3 is 0 Å². The minimum atomic E-state index is -0.517. The molecule has 0 saturated carbocycles. The number of benzene rings is 2. The molecule has 0 atom stereocenters. The lowest BCUT2D eigenvalue weighted by Gasteiger charge is -2.36. The highest BCUT2D eigenvalue weighted by atomic mass is 16.6. The Morgan fingerprint density at radius 2 is 1.74 bits per heavy atom. The minimum absolute atomic E-state index is 0.0551. The predicted molar refractivity (Wildman–Crippen MR) is 118 cm³/mol.